The lowest BCUT2D eigenvalue weighted by Crippen LogP contribution is -2.26. The highest BCUT2D eigenvalue weighted by Gasteiger charge is 2.19. The Morgan fingerprint density at radius 1 is 0.938 bits per heavy atom. The Morgan fingerprint density at radius 2 is 1.56 bits per heavy atom. The Hall–Kier alpha value is -4.17. The van der Waals surface area contributed by atoms with Crippen LogP contribution in [0.4, 0.5) is 0 Å². The van der Waals surface area contributed by atoms with E-state index in [0.717, 1.165) is 0 Å². The number of hydrogen-bond donors (Lipinski definition) is 3. The molecule has 162 valence electrons. The molecule has 0 aliphatic carbocycles. The maximum Gasteiger partial charge on any atom is 0.251 e. The molecule has 3 N–H and O–H groups in total. The molecule has 0 aliphatic rings. The predicted octanol–water partition coefficient (Wildman–Crippen LogP) is 3.39. The number of rotatable bonds is 7. The average molecular weight is 430 g/mol. The van der Waals surface area contributed by atoms with Gasteiger partial charge in [0.2, 0.25) is 0 Å². The van der Waals surface area contributed by atoms with Gasteiger partial charge in [0.1, 0.15) is 11.5 Å². The zero-order valence-corrected chi connectivity index (χ0v) is 17.4. The molecule has 0 unspecified atom stereocenters. The maximum atomic E-state index is 12.3. The Labute approximate surface area is 184 Å². The summed E-state index contributed by atoms with van der Waals surface area (Å²) in [6.45, 7) is 0.851. The number of methoxy groups -OCH3 is 1. The summed E-state index contributed by atoms with van der Waals surface area (Å²) in [7, 11) is 1.57. The molecule has 32 heavy (non-hydrogen) atoms. The standard InChI is InChI=1S/C24H22N4O4/c1-32-15-14-25-24(31)16-10-12-17(13-11-16)28-23(19-7-3-5-9-21(19)30)26-22(27-28)18-6-2-4-8-20(18)29/h2-13,29-30H,14-15H2,1H3,(H,25,31). The van der Waals surface area contributed by atoms with Gasteiger partial charge in [0.15, 0.2) is 11.6 Å². The Kier molecular flexibility index (Phi) is 6.14. The first-order chi connectivity index (χ1) is 15.6. The van der Waals surface area contributed by atoms with Crippen molar-refractivity contribution in [2.24, 2.45) is 0 Å². The highest BCUT2D eigenvalue weighted by molar-refractivity contribution is 5.94. The number of hydrogen-bond acceptors (Lipinski definition) is 6. The van der Waals surface area contributed by atoms with Crippen LogP contribution >= 0.6 is 0 Å². The van der Waals surface area contributed by atoms with Crippen molar-refractivity contribution in [1.29, 1.82) is 0 Å². The number of nitrogens with one attached hydrogen (secondary N) is 1. The Bertz CT molecular complexity index is 1230. The van der Waals surface area contributed by atoms with E-state index in [1.54, 1.807) is 84.6 Å². The molecule has 4 aromatic rings. The number of amides is 1. The first-order valence-corrected chi connectivity index (χ1v) is 10.00. The van der Waals surface area contributed by atoms with E-state index in [-0.39, 0.29) is 17.4 Å². The van der Waals surface area contributed by atoms with Gasteiger partial charge in [-0.2, -0.15) is 0 Å². The van der Waals surface area contributed by atoms with Gasteiger partial charge in [0.05, 0.1) is 23.4 Å². The fourth-order valence-electron chi connectivity index (χ4n) is 3.23. The molecule has 1 heterocycles. The smallest absolute Gasteiger partial charge is 0.251 e. The molecule has 3 aromatic carbocycles. The molecule has 0 atom stereocenters. The molecule has 0 saturated carbocycles. The van der Waals surface area contributed by atoms with Gasteiger partial charge in [-0.25, -0.2) is 9.67 Å². The summed E-state index contributed by atoms with van der Waals surface area (Å²) in [6.07, 6.45) is 0. The molecule has 0 radical (unpaired) electrons. The van der Waals surface area contributed by atoms with E-state index in [2.05, 4.69) is 15.4 Å². The van der Waals surface area contributed by atoms with Gasteiger partial charge in [0, 0.05) is 19.2 Å². The molecule has 0 spiro atoms. The van der Waals surface area contributed by atoms with Crippen molar-refractivity contribution in [3.8, 4) is 40.0 Å². The zero-order valence-electron chi connectivity index (χ0n) is 17.4. The highest BCUT2D eigenvalue weighted by atomic mass is 16.5. The van der Waals surface area contributed by atoms with Crippen molar-refractivity contribution in [2.45, 2.75) is 0 Å². The molecule has 1 aromatic heterocycles. The number of nitrogens with zero attached hydrogens (tertiary/aromatic N) is 3. The predicted molar refractivity (Wildman–Crippen MR) is 120 cm³/mol. The number of aromatic nitrogens is 3. The molecular formula is C24H22N4O4. The fourth-order valence-corrected chi connectivity index (χ4v) is 3.23. The van der Waals surface area contributed by atoms with Crippen molar-refractivity contribution in [3.05, 3.63) is 78.4 Å². The SMILES string of the molecule is COCCNC(=O)c1ccc(-n2nc(-c3ccccc3O)nc2-c2ccccc2O)cc1. The molecular weight excluding hydrogens is 408 g/mol. The topological polar surface area (TPSA) is 110 Å². The summed E-state index contributed by atoms with van der Waals surface area (Å²) in [6, 6.07) is 20.5. The summed E-state index contributed by atoms with van der Waals surface area (Å²) >= 11 is 0. The van der Waals surface area contributed by atoms with Crippen molar-refractivity contribution in [3.63, 3.8) is 0 Å². The number of para-hydroxylation sites is 2. The van der Waals surface area contributed by atoms with Crippen LogP contribution in [0.1, 0.15) is 10.4 Å². The lowest BCUT2D eigenvalue weighted by Gasteiger charge is -2.09. The summed E-state index contributed by atoms with van der Waals surface area (Å²) in [5.41, 5.74) is 2.10. The van der Waals surface area contributed by atoms with Gasteiger partial charge >= 0.3 is 0 Å². The monoisotopic (exact) mass is 430 g/mol. The van der Waals surface area contributed by atoms with Crippen molar-refractivity contribution in [2.75, 3.05) is 20.3 Å². The number of carbonyl (C=O) groups excluding carboxylic acids is 1. The van der Waals surface area contributed by atoms with E-state index >= 15 is 0 Å². The quantitative estimate of drug-likeness (QED) is 0.388. The molecule has 0 saturated heterocycles. The minimum atomic E-state index is -0.206. The molecule has 0 aliphatic heterocycles. The van der Waals surface area contributed by atoms with E-state index < -0.39 is 0 Å². The average Bonchev–Trinajstić information content (AvgIpc) is 3.25. The molecule has 8 nitrogen and oxygen atoms in total. The third-order valence-corrected chi connectivity index (χ3v) is 4.86. The van der Waals surface area contributed by atoms with Gasteiger partial charge < -0.3 is 20.3 Å². The Morgan fingerprint density at radius 3 is 2.19 bits per heavy atom. The van der Waals surface area contributed by atoms with Crippen LogP contribution in [0.2, 0.25) is 0 Å². The van der Waals surface area contributed by atoms with Gasteiger partial charge in [-0.05, 0) is 48.5 Å². The molecule has 0 bridgehead atoms. The Balaban J connectivity index is 1.75. The number of phenolic OH excluding ortho intramolecular Hbond substituents is 2. The summed E-state index contributed by atoms with van der Waals surface area (Å²) in [5.74, 6) is 0.611. The van der Waals surface area contributed by atoms with E-state index in [1.165, 1.54) is 0 Å². The normalized spacial score (nSPS) is 10.8. The van der Waals surface area contributed by atoms with Gasteiger partial charge in [-0.15, -0.1) is 5.10 Å². The maximum absolute atomic E-state index is 12.3. The third-order valence-electron chi connectivity index (χ3n) is 4.86. The molecule has 4 rings (SSSR count). The molecule has 1 amide bonds. The van der Waals surface area contributed by atoms with Crippen molar-refractivity contribution < 1.29 is 19.7 Å². The van der Waals surface area contributed by atoms with Crippen LogP contribution in [0.25, 0.3) is 28.5 Å². The first-order valence-electron chi connectivity index (χ1n) is 10.00. The number of ether oxygens (including phenoxy) is 1. The third kappa shape index (κ3) is 4.30. The fraction of sp³-hybridized carbons (Fsp3) is 0.125. The van der Waals surface area contributed by atoms with Gasteiger partial charge in [-0.3, -0.25) is 4.79 Å². The second-order valence-corrected chi connectivity index (χ2v) is 7.00. The lowest BCUT2D eigenvalue weighted by atomic mass is 10.1. The first kappa shape index (κ1) is 21.1. The van der Waals surface area contributed by atoms with Crippen molar-refractivity contribution >= 4 is 5.91 Å². The van der Waals surface area contributed by atoms with Crippen molar-refractivity contribution in [1.82, 2.24) is 20.1 Å². The van der Waals surface area contributed by atoms with Gasteiger partial charge in [-0.1, -0.05) is 24.3 Å². The number of carbonyl (C=O) groups is 1. The van der Waals surface area contributed by atoms with E-state index in [4.69, 9.17) is 4.74 Å². The van der Waals surface area contributed by atoms with Crippen LogP contribution < -0.4 is 5.32 Å². The van der Waals surface area contributed by atoms with E-state index in [9.17, 15) is 15.0 Å². The minimum Gasteiger partial charge on any atom is -0.507 e. The van der Waals surface area contributed by atoms with Crippen LogP contribution in [0.15, 0.2) is 72.8 Å². The number of benzene rings is 3. The number of aromatic hydroxyl groups is 2. The largest absolute Gasteiger partial charge is 0.507 e. The zero-order chi connectivity index (χ0) is 22.5. The summed E-state index contributed by atoms with van der Waals surface area (Å²) in [4.78, 5) is 16.9. The summed E-state index contributed by atoms with van der Waals surface area (Å²) < 4.78 is 6.52. The highest BCUT2D eigenvalue weighted by Crippen LogP contribution is 2.33. The number of phenols is 2. The summed E-state index contributed by atoms with van der Waals surface area (Å²) in [5, 5.41) is 28.0. The van der Waals surface area contributed by atoms with Crippen LogP contribution in [-0.2, 0) is 4.74 Å². The second kappa shape index (κ2) is 9.32. The second-order valence-electron chi connectivity index (χ2n) is 7.00. The minimum absolute atomic E-state index is 0.0524. The van der Waals surface area contributed by atoms with Crippen LogP contribution in [0, 0.1) is 0 Å². The van der Waals surface area contributed by atoms with Crippen LogP contribution in [0.3, 0.4) is 0 Å². The molecule has 8 heteroatoms. The van der Waals surface area contributed by atoms with Crippen LogP contribution in [-0.4, -0.2) is 51.1 Å². The van der Waals surface area contributed by atoms with E-state index in [0.29, 0.717) is 47.2 Å². The van der Waals surface area contributed by atoms with Gasteiger partial charge in [0.25, 0.3) is 5.91 Å². The van der Waals surface area contributed by atoms with E-state index in [1.807, 2.05) is 0 Å². The van der Waals surface area contributed by atoms with Crippen LogP contribution in [0.5, 0.6) is 11.5 Å². The molecule has 0 fully saturated rings. The lowest BCUT2D eigenvalue weighted by molar-refractivity contribution is 0.0937.